The number of likely N-dealkylation sites (N-methyl/N-ethyl adjacent to an activating group) is 1. The molecule has 7 heteroatoms. The third-order valence-electron chi connectivity index (χ3n) is 3.59. The number of nitrogens with one attached hydrogen (secondary N) is 2. The Hall–Kier alpha value is -3.06. The minimum atomic E-state index is -0.181. The number of benzene rings is 2. The predicted octanol–water partition coefficient (Wildman–Crippen LogP) is 3.50. The van der Waals surface area contributed by atoms with Crippen molar-refractivity contribution in [3.8, 4) is 0 Å². The van der Waals surface area contributed by atoms with Crippen molar-refractivity contribution in [2.45, 2.75) is 13.3 Å². The molecule has 0 atom stereocenters. The van der Waals surface area contributed by atoms with E-state index in [4.69, 9.17) is 0 Å². The summed E-state index contributed by atoms with van der Waals surface area (Å²) in [5.74, 6) is -0.264. The standard InChI is InChI=1S/C20H25N5O2/c1-3-13-21-19(26)14-25(2)15-20(27)22-16-9-11-18(12-10-16)24-23-17-7-5-4-6-8-17/h4-12H,3,13-15H2,1-2H3,(H,21,26)(H,22,27). The lowest BCUT2D eigenvalue weighted by molar-refractivity contribution is -0.122. The third kappa shape index (κ3) is 7.79. The monoisotopic (exact) mass is 367 g/mol. The highest BCUT2D eigenvalue weighted by Crippen LogP contribution is 2.19. The van der Waals surface area contributed by atoms with Crippen LogP contribution in [-0.4, -0.2) is 43.4 Å². The summed E-state index contributed by atoms with van der Waals surface area (Å²) in [4.78, 5) is 25.4. The zero-order chi connectivity index (χ0) is 19.5. The van der Waals surface area contributed by atoms with Crippen molar-refractivity contribution in [2.24, 2.45) is 10.2 Å². The van der Waals surface area contributed by atoms with Gasteiger partial charge in [-0.15, -0.1) is 0 Å². The lowest BCUT2D eigenvalue weighted by Crippen LogP contribution is -2.39. The summed E-state index contributed by atoms with van der Waals surface area (Å²) in [6, 6.07) is 16.6. The van der Waals surface area contributed by atoms with Gasteiger partial charge in [-0.2, -0.15) is 10.2 Å². The molecule has 0 aliphatic heterocycles. The maximum absolute atomic E-state index is 12.1. The predicted molar refractivity (Wildman–Crippen MR) is 106 cm³/mol. The number of hydrogen-bond donors (Lipinski definition) is 2. The summed E-state index contributed by atoms with van der Waals surface area (Å²) in [5, 5.41) is 13.9. The summed E-state index contributed by atoms with van der Waals surface area (Å²) in [5.41, 5.74) is 2.14. The van der Waals surface area contributed by atoms with Gasteiger partial charge < -0.3 is 10.6 Å². The highest BCUT2D eigenvalue weighted by atomic mass is 16.2. The van der Waals surface area contributed by atoms with Crippen LogP contribution in [0.3, 0.4) is 0 Å². The van der Waals surface area contributed by atoms with Crippen LogP contribution in [0.15, 0.2) is 64.8 Å². The van der Waals surface area contributed by atoms with E-state index in [1.165, 1.54) is 0 Å². The topological polar surface area (TPSA) is 86.2 Å². The Kier molecular flexibility index (Phi) is 8.12. The first-order valence-electron chi connectivity index (χ1n) is 8.88. The molecule has 7 nitrogen and oxygen atoms in total. The van der Waals surface area contributed by atoms with Gasteiger partial charge in [0.15, 0.2) is 0 Å². The number of nitrogens with zero attached hydrogens (tertiary/aromatic N) is 3. The van der Waals surface area contributed by atoms with E-state index in [0.717, 1.165) is 12.1 Å². The van der Waals surface area contributed by atoms with Crippen LogP contribution >= 0.6 is 0 Å². The molecule has 0 saturated carbocycles. The first-order valence-corrected chi connectivity index (χ1v) is 8.88. The molecule has 2 rings (SSSR count). The zero-order valence-corrected chi connectivity index (χ0v) is 15.7. The Balaban J connectivity index is 1.80. The van der Waals surface area contributed by atoms with Gasteiger partial charge in [-0.3, -0.25) is 14.5 Å². The molecule has 0 aliphatic carbocycles. The number of hydrogen-bond acceptors (Lipinski definition) is 5. The molecule has 2 aromatic rings. The number of carbonyl (C=O) groups excluding carboxylic acids is 2. The summed E-state index contributed by atoms with van der Waals surface area (Å²) in [6.07, 6.45) is 0.886. The minimum absolute atomic E-state index is 0.0831. The normalized spacial score (nSPS) is 10.9. The lowest BCUT2D eigenvalue weighted by Gasteiger charge is -2.15. The van der Waals surface area contributed by atoms with Crippen molar-refractivity contribution in [2.75, 3.05) is 32.0 Å². The van der Waals surface area contributed by atoms with Gasteiger partial charge in [-0.1, -0.05) is 25.1 Å². The molecule has 0 aromatic heterocycles. The van der Waals surface area contributed by atoms with Crippen molar-refractivity contribution in [1.29, 1.82) is 0 Å². The molecule has 2 aromatic carbocycles. The fourth-order valence-corrected chi connectivity index (χ4v) is 2.29. The molecule has 2 N–H and O–H groups in total. The second-order valence-electron chi connectivity index (χ2n) is 6.15. The Labute approximate surface area is 159 Å². The summed E-state index contributed by atoms with van der Waals surface area (Å²) < 4.78 is 0. The molecule has 0 fully saturated rings. The van der Waals surface area contributed by atoms with Crippen molar-refractivity contribution < 1.29 is 9.59 Å². The molecule has 0 saturated heterocycles. The van der Waals surface area contributed by atoms with E-state index in [1.807, 2.05) is 37.3 Å². The smallest absolute Gasteiger partial charge is 0.238 e. The summed E-state index contributed by atoms with van der Waals surface area (Å²) in [6.45, 7) is 2.96. The van der Waals surface area contributed by atoms with Gasteiger partial charge in [0, 0.05) is 12.2 Å². The Morgan fingerprint density at radius 3 is 2.11 bits per heavy atom. The van der Waals surface area contributed by atoms with Crippen LogP contribution in [0.4, 0.5) is 17.1 Å². The number of amides is 2. The minimum Gasteiger partial charge on any atom is -0.355 e. The van der Waals surface area contributed by atoms with Gasteiger partial charge in [-0.25, -0.2) is 0 Å². The second-order valence-corrected chi connectivity index (χ2v) is 6.15. The van der Waals surface area contributed by atoms with Crippen molar-refractivity contribution >= 4 is 28.9 Å². The van der Waals surface area contributed by atoms with Crippen LogP contribution in [0.5, 0.6) is 0 Å². The molecule has 0 radical (unpaired) electrons. The summed E-state index contributed by atoms with van der Waals surface area (Å²) in [7, 11) is 1.73. The van der Waals surface area contributed by atoms with Gasteiger partial charge in [0.1, 0.15) is 0 Å². The number of azo groups is 1. The highest BCUT2D eigenvalue weighted by molar-refractivity contribution is 5.92. The van der Waals surface area contributed by atoms with Crippen LogP contribution in [0, 0.1) is 0 Å². The first-order chi connectivity index (χ1) is 13.1. The van der Waals surface area contributed by atoms with Crippen molar-refractivity contribution in [1.82, 2.24) is 10.2 Å². The quantitative estimate of drug-likeness (QED) is 0.665. The van der Waals surface area contributed by atoms with E-state index in [9.17, 15) is 9.59 Å². The van der Waals surface area contributed by atoms with Gasteiger partial charge in [0.2, 0.25) is 11.8 Å². The van der Waals surface area contributed by atoms with E-state index in [0.29, 0.717) is 17.9 Å². The molecule has 0 aliphatic rings. The largest absolute Gasteiger partial charge is 0.355 e. The van der Waals surface area contributed by atoms with Gasteiger partial charge in [0.25, 0.3) is 0 Å². The van der Waals surface area contributed by atoms with Crippen molar-refractivity contribution in [3.63, 3.8) is 0 Å². The maximum atomic E-state index is 12.1. The van der Waals surface area contributed by atoms with Crippen molar-refractivity contribution in [3.05, 3.63) is 54.6 Å². The van der Waals surface area contributed by atoms with E-state index >= 15 is 0 Å². The highest BCUT2D eigenvalue weighted by Gasteiger charge is 2.10. The SMILES string of the molecule is CCCNC(=O)CN(C)CC(=O)Nc1ccc(N=Nc2ccccc2)cc1. The fraction of sp³-hybridized carbons (Fsp3) is 0.300. The number of carbonyl (C=O) groups is 2. The van der Waals surface area contributed by atoms with Crippen LogP contribution in [0.25, 0.3) is 0 Å². The van der Waals surface area contributed by atoms with E-state index in [2.05, 4.69) is 20.9 Å². The van der Waals surface area contributed by atoms with Crippen LogP contribution in [0.2, 0.25) is 0 Å². The molecule has 142 valence electrons. The zero-order valence-electron chi connectivity index (χ0n) is 15.7. The first kappa shape index (κ1) is 20.3. The molecule has 0 spiro atoms. The van der Waals surface area contributed by atoms with Gasteiger partial charge in [0.05, 0.1) is 24.5 Å². The van der Waals surface area contributed by atoms with E-state index < -0.39 is 0 Å². The molecule has 0 unspecified atom stereocenters. The molecular formula is C20H25N5O2. The Morgan fingerprint density at radius 2 is 1.48 bits per heavy atom. The van der Waals surface area contributed by atoms with E-state index in [-0.39, 0.29) is 24.9 Å². The molecule has 27 heavy (non-hydrogen) atoms. The fourth-order valence-electron chi connectivity index (χ4n) is 2.29. The second kappa shape index (κ2) is 10.8. The number of anilines is 1. The lowest BCUT2D eigenvalue weighted by atomic mass is 10.3. The third-order valence-corrected chi connectivity index (χ3v) is 3.59. The Bertz CT molecular complexity index is 760. The molecular weight excluding hydrogens is 342 g/mol. The molecule has 2 amide bonds. The van der Waals surface area contributed by atoms with Crippen LogP contribution in [-0.2, 0) is 9.59 Å². The Morgan fingerprint density at radius 1 is 0.889 bits per heavy atom. The average molecular weight is 367 g/mol. The van der Waals surface area contributed by atoms with Gasteiger partial charge in [-0.05, 0) is 49.9 Å². The van der Waals surface area contributed by atoms with Crippen LogP contribution in [0.1, 0.15) is 13.3 Å². The molecule has 0 heterocycles. The summed E-state index contributed by atoms with van der Waals surface area (Å²) >= 11 is 0. The van der Waals surface area contributed by atoms with E-state index in [1.54, 1.807) is 36.2 Å². The average Bonchev–Trinajstić information content (AvgIpc) is 2.66. The maximum Gasteiger partial charge on any atom is 0.238 e. The number of rotatable bonds is 9. The van der Waals surface area contributed by atoms with Gasteiger partial charge >= 0.3 is 0 Å². The van der Waals surface area contributed by atoms with Crippen LogP contribution < -0.4 is 10.6 Å². The molecule has 0 bridgehead atoms.